The van der Waals surface area contributed by atoms with Crippen molar-refractivity contribution in [3.63, 3.8) is 0 Å². The molecule has 1 aliphatic rings. The third-order valence-corrected chi connectivity index (χ3v) is 3.48. The minimum atomic E-state index is -1.07. The number of carbonyl (C=O) groups is 1. The highest BCUT2D eigenvalue weighted by Gasteiger charge is 2.37. The van der Waals surface area contributed by atoms with Crippen LogP contribution in [0.5, 0.6) is 0 Å². The Hall–Kier alpha value is -1.86. The lowest BCUT2D eigenvalue weighted by Gasteiger charge is -2.37. The largest absolute Gasteiger partial charge is 0.478 e. The number of nitriles is 1. The SMILES string of the molecule is Cc1c(C#N)cc(C2(O)CCC2)cc1C(=O)O. The first-order valence-corrected chi connectivity index (χ1v) is 5.49. The summed E-state index contributed by atoms with van der Waals surface area (Å²) in [6.07, 6.45) is 2.18. The first kappa shape index (κ1) is 11.6. The first-order valence-electron chi connectivity index (χ1n) is 5.49. The number of nitrogens with zero attached hydrogens (tertiary/aromatic N) is 1. The van der Waals surface area contributed by atoms with E-state index in [0.717, 1.165) is 6.42 Å². The molecule has 0 bridgehead atoms. The molecule has 0 unspecified atom stereocenters. The fraction of sp³-hybridized carbons (Fsp3) is 0.385. The number of rotatable bonds is 2. The van der Waals surface area contributed by atoms with Gasteiger partial charge < -0.3 is 10.2 Å². The molecule has 1 saturated carbocycles. The van der Waals surface area contributed by atoms with Crippen LogP contribution in [-0.4, -0.2) is 16.2 Å². The highest BCUT2D eigenvalue weighted by molar-refractivity contribution is 5.90. The third kappa shape index (κ3) is 1.79. The highest BCUT2D eigenvalue weighted by atomic mass is 16.4. The molecular formula is C13H13NO3. The first-order chi connectivity index (χ1) is 7.98. The Morgan fingerprint density at radius 2 is 2.12 bits per heavy atom. The molecule has 0 heterocycles. The van der Waals surface area contributed by atoms with Crippen LogP contribution < -0.4 is 0 Å². The van der Waals surface area contributed by atoms with Crippen LogP contribution in [0.3, 0.4) is 0 Å². The van der Waals surface area contributed by atoms with Crippen LogP contribution in [-0.2, 0) is 5.60 Å². The molecule has 88 valence electrons. The van der Waals surface area contributed by atoms with Gasteiger partial charge in [0.25, 0.3) is 0 Å². The van der Waals surface area contributed by atoms with E-state index < -0.39 is 11.6 Å². The van der Waals surface area contributed by atoms with E-state index >= 15 is 0 Å². The molecular weight excluding hydrogens is 218 g/mol. The van der Waals surface area contributed by atoms with Crippen molar-refractivity contribution in [1.82, 2.24) is 0 Å². The molecule has 0 spiro atoms. The van der Waals surface area contributed by atoms with E-state index in [4.69, 9.17) is 10.4 Å². The minimum absolute atomic E-state index is 0.0966. The van der Waals surface area contributed by atoms with Crippen LogP contribution in [0.2, 0.25) is 0 Å². The summed E-state index contributed by atoms with van der Waals surface area (Å²) in [6, 6.07) is 5.06. The highest BCUT2D eigenvalue weighted by Crippen LogP contribution is 2.42. The Labute approximate surface area is 99.1 Å². The van der Waals surface area contributed by atoms with Crippen molar-refractivity contribution in [2.24, 2.45) is 0 Å². The standard InChI is InChI=1S/C13H13NO3/c1-8-9(7-14)5-10(6-11(8)12(15)16)13(17)3-2-4-13/h5-6,17H,2-4H2,1H3,(H,15,16). The number of aromatic carboxylic acids is 1. The zero-order valence-corrected chi connectivity index (χ0v) is 9.53. The monoisotopic (exact) mass is 231 g/mol. The van der Waals surface area contributed by atoms with Crippen molar-refractivity contribution < 1.29 is 15.0 Å². The van der Waals surface area contributed by atoms with Gasteiger partial charge >= 0.3 is 5.97 Å². The van der Waals surface area contributed by atoms with Gasteiger partial charge in [-0.3, -0.25) is 0 Å². The van der Waals surface area contributed by atoms with Crippen LogP contribution in [0.25, 0.3) is 0 Å². The molecule has 0 atom stereocenters. The van der Waals surface area contributed by atoms with Crippen molar-refractivity contribution in [2.75, 3.05) is 0 Å². The molecule has 0 radical (unpaired) electrons. The molecule has 0 aromatic heterocycles. The van der Waals surface area contributed by atoms with E-state index in [0.29, 0.717) is 29.5 Å². The molecule has 1 aliphatic carbocycles. The van der Waals surface area contributed by atoms with E-state index in [2.05, 4.69) is 0 Å². The number of hydrogen-bond acceptors (Lipinski definition) is 3. The average molecular weight is 231 g/mol. The van der Waals surface area contributed by atoms with Gasteiger partial charge in [0.15, 0.2) is 0 Å². The van der Waals surface area contributed by atoms with E-state index in [-0.39, 0.29) is 5.56 Å². The summed E-state index contributed by atoms with van der Waals surface area (Å²) in [5.41, 5.74) is 0.471. The normalized spacial score (nSPS) is 17.0. The molecule has 0 amide bonds. The minimum Gasteiger partial charge on any atom is -0.478 e. The lowest BCUT2D eigenvalue weighted by molar-refractivity contribution is -0.0388. The van der Waals surface area contributed by atoms with Gasteiger partial charge in [0.2, 0.25) is 0 Å². The lowest BCUT2D eigenvalue weighted by atomic mass is 9.74. The van der Waals surface area contributed by atoms with Crippen molar-refractivity contribution in [2.45, 2.75) is 31.8 Å². The average Bonchev–Trinajstić information content (AvgIpc) is 2.25. The zero-order chi connectivity index (χ0) is 12.6. The summed E-state index contributed by atoms with van der Waals surface area (Å²) >= 11 is 0. The summed E-state index contributed by atoms with van der Waals surface area (Å²) in [7, 11) is 0. The Morgan fingerprint density at radius 3 is 2.53 bits per heavy atom. The van der Waals surface area contributed by atoms with Gasteiger partial charge in [-0.1, -0.05) is 0 Å². The Balaban J connectivity index is 2.59. The fourth-order valence-corrected chi connectivity index (χ4v) is 2.12. The van der Waals surface area contributed by atoms with Gasteiger partial charge in [0.05, 0.1) is 22.8 Å². The maximum atomic E-state index is 11.1. The zero-order valence-electron chi connectivity index (χ0n) is 9.53. The van der Waals surface area contributed by atoms with Crippen LogP contribution in [0.15, 0.2) is 12.1 Å². The van der Waals surface area contributed by atoms with Gasteiger partial charge in [0.1, 0.15) is 0 Å². The van der Waals surface area contributed by atoms with Gasteiger partial charge in [0, 0.05) is 0 Å². The van der Waals surface area contributed by atoms with Crippen molar-refractivity contribution in [3.8, 4) is 6.07 Å². The van der Waals surface area contributed by atoms with Crippen molar-refractivity contribution in [3.05, 3.63) is 34.4 Å². The molecule has 1 aromatic carbocycles. The molecule has 2 N–H and O–H groups in total. The molecule has 1 fully saturated rings. The smallest absolute Gasteiger partial charge is 0.336 e. The lowest BCUT2D eigenvalue weighted by Crippen LogP contribution is -2.34. The predicted molar refractivity (Wildman–Crippen MR) is 60.6 cm³/mol. The second kappa shape index (κ2) is 3.86. The maximum absolute atomic E-state index is 11.1. The summed E-state index contributed by atoms with van der Waals surface area (Å²) < 4.78 is 0. The van der Waals surface area contributed by atoms with Gasteiger partial charge in [-0.05, 0) is 49.4 Å². The predicted octanol–water partition coefficient (Wildman–Crippen LogP) is 1.94. The summed E-state index contributed by atoms with van der Waals surface area (Å²) in [5.74, 6) is -1.07. The number of hydrogen-bond donors (Lipinski definition) is 2. The molecule has 2 rings (SSSR count). The summed E-state index contributed by atoms with van der Waals surface area (Å²) in [5, 5.41) is 28.3. The number of benzene rings is 1. The van der Waals surface area contributed by atoms with E-state index in [1.54, 1.807) is 13.0 Å². The fourth-order valence-electron chi connectivity index (χ4n) is 2.12. The Morgan fingerprint density at radius 1 is 1.47 bits per heavy atom. The maximum Gasteiger partial charge on any atom is 0.336 e. The number of carboxylic acids is 1. The number of aliphatic hydroxyl groups is 1. The van der Waals surface area contributed by atoms with Crippen LogP contribution in [0.1, 0.15) is 46.3 Å². The van der Waals surface area contributed by atoms with E-state index in [9.17, 15) is 9.90 Å². The van der Waals surface area contributed by atoms with Crippen LogP contribution >= 0.6 is 0 Å². The number of carboxylic acid groups (broad SMARTS) is 1. The van der Waals surface area contributed by atoms with Crippen molar-refractivity contribution in [1.29, 1.82) is 5.26 Å². The second-order valence-electron chi connectivity index (χ2n) is 4.50. The van der Waals surface area contributed by atoms with Gasteiger partial charge in [-0.15, -0.1) is 0 Å². The quantitative estimate of drug-likeness (QED) is 0.814. The molecule has 17 heavy (non-hydrogen) atoms. The summed E-state index contributed by atoms with van der Waals surface area (Å²) in [6.45, 7) is 1.61. The molecule has 1 aromatic rings. The topological polar surface area (TPSA) is 81.3 Å². The molecule has 4 heteroatoms. The van der Waals surface area contributed by atoms with Gasteiger partial charge in [-0.25, -0.2) is 4.79 Å². The van der Waals surface area contributed by atoms with Crippen molar-refractivity contribution >= 4 is 5.97 Å². The van der Waals surface area contributed by atoms with Crippen LogP contribution in [0, 0.1) is 18.3 Å². The van der Waals surface area contributed by atoms with Gasteiger partial charge in [-0.2, -0.15) is 5.26 Å². The van der Waals surface area contributed by atoms with E-state index in [1.165, 1.54) is 6.07 Å². The Kier molecular flexibility index (Phi) is 2.64. The molecule has 0 aliphatic heterocycles. The second-order valence-corrected chi connectivity index (χ2v) is 4.50. The molecule has 0 saturated heterocycles. The third-order valence-electron chi connectivity index (χ3n) is 3.48. The molecule has 4 nitrogen and oxygen atoms in total. The Bertz CT molecular complexity index is 524. The van der Waals surface area contributed by atoms with Crippen LogP contribution in [0.4, 0.5) is 0 Å². The summed E-state index contributed by atoms with van der Waals surface area (Å²) in [4.78, 5) is 11.1. The van der Waals surface area contributed by atoms with E-state index in [1.807, 2.05) is 6.07 Å².